The Morgan fingerprint density at radius 3 is 0.946 bits per heavy atom. The SMILES string of the molecule is CC(C)c1cc(C(C)C)c(-c2ccccc2P2C(C)(C)CC3(CC2(C)C)OCC(C)(C)CO3)c(C(C)C)c1.CC(C)c1cc(C(C)C)c(-c2ccccc2P2C(C)(C)CC3(CC2(C)C)OCCCO3)c(C(C)C)c1. The molecule has 4 heterocycles. The van der Waals surface area contributed by atoms with Crippen LogP contribution in [0.1, 0.15) is 253 Å². The topological polar surface area (TPSA) is 36.9 Å². The summed E-state index contributed by atoms with van der Waals surface area (Å²) in [4.78, 5) is 0. The highest BCUT2D eigenvalue weighted by Gasteiger charge is 2.59. The van der Waals surface area contributed by atoms with Gasteiger partial charge in [0.15, 0.2) is 11.6 Å². The second-order valence-electron chi connectivity index (χ2n) is 28.4. The van der Waals surface area contributed by atoms with Crippen LogP contribution < -0.4 is 10.6 Å². The van der Waals surface area contributed by atoms with E-state index >= 15 is 0 Å². The molecule has 0 amide bonds. The molecule has 6 heteroatoms. The molecule has 74 heavy (non-hydrogen) atoms. The Kier molecular flexibility index (Phi) is 17.6. The number of ether oxygens (including phenoxy) is 4. The van der Waals surface area contributed by atoms with Crippen molar-refractivity contribution < 1.29 is 18.9 Å². The van der Waals surface area contributed by atoms with E-state index in [4.69, 9.17) is 18.9 Å². The van der Waals surface area contributed by atoms with E-state index in [-0.39, 0.29) is 26.0 Å². The lowest BCUT2D eigenvalue weighted by molar-refractivity contribution is -0.310. The fraction of sp³-hybridized carbons (Fsp3) is 0.647. The lowest BCUT2D eigenvalue weighted by Gasteiger charge is -2.59. The molecule has 0 radical (unpaired) electrons. The zero-order valence-corrected chi connectivity index (χ0v) is 52.6. The first-order chi connectivity index (χ1) is 34.3. The minimum atomic E-state index is -0.516. The maximum atomic E-state index is 6.62. The zero-order chi connectivity index (χ0) is 54.7. The molecule has 4 aromatic rings. The van der Waals surface area contributed by atoms with Crippen LogP contribution in [-0.4, -0.2) is 58.6 Å². The van der Waals surface area contributed by atoms with Gasteiger partial charge in [0.1, 0.15) is 0 Å². The van der Waals surface area contributed by atoms with E-state index < -0.39 is 27.4 Å². The molecule has 2 spiro atoms. The monoisotopic (exact) mass is 1040 g/mol. The van der Waals surface area contributed by atoms with Crippen molar-refractivity contribution in [1.82, 2.24) is 0 Å². The summed E-state index contributed by atoms with van der Waals surface area (Å²) in [6, 6.07) is 28.7. The van der Waals surface area contributed by atoms with Crippen LogP contribution in [0.15, 0.2) is 72.8 Å². The lowest BCUT2D eigenvalue weighted by Crippen LogP contribution is -2.58. The molecule has 4 nitrogen and oxygen atoms in total. The Morgan fingerprint density at radius 2 is 0.662 bits per heavy atom. The standard InChI is InChI=1S/C35H53O2P.C33H49O2P/c1-23(2)26-17-28(24(3)4)31(29(18-26)25(5)6)27-15-13-14-16-30(27)38-33(9,10)19-35(20-34(38,11)12)36-21-32(7,8)22-37-35;1-22(2)25-18-27(23(3)4)30(28(19-25)24(5)6)26-14-11-12-15-29(26)36-31(7,8)20-33(21-32(36,9)10)34-16-13-17-35-33/h13-18,23-25H,19-22H2,1-12H3;11-12,14-15,18-19,22-24H,13,16-17,20-21H2,1-10H3. The molecule has 4 aromatic carbocycles. The van der Waals surface area contributed by atoms with Crippen LogP contribution in [0.25, 0.3) is 22.3 Å². The van der Waals surface area contributed by atoms with Gasteiger partial charge < -0.3 is 18.9 Å². The predicted octanol–water partition coefficient (Wildman–Crippen LogP) is 19.3. The summed E-state index contributed by atoms with van der Waals surface area (Å²) >= 11 is 0. The maximum absolute atomic E-state index is 6.62. The van der Waals surface area contributed by atoms with Gasteiger partial charge in [-0.3, -0.25) is 0 Å². The average molecular weight is 1050 g/mol. The molecule has 0 atom stereocenters. The number of benzene rings is 4. The molecule has 0 unspecified atom stereocenters. The lowest BCUT2D eigenvalue weighted by atomic mass is 9.82. The minimum Gasteiger partial charge on any atom is -0.350 e. The molecule has 408 valence electrons. The van der Waals surface area contributed by atoms with E-state index in [0.29, 0.717) is 35.5 Å². The molecule has 4 aliphatic rings. The molecule has 0 N–H and O–H groups in total. The summed E-state index contributed by atoms with van der Waals surface area (Å²) in [5.41, 5.74) is 14.8. The molecule has 4 saturated heterocycles. The Hall–Kier alpha value is -2.42. The van der Waals surface area contributed by atoms with Gasteiger partial charge in [-0.15, -0.1) is 0 Å². The Balaban J connectivity index is 0.000000217. The number of rotatable bonds is 10. The van der Waals surface area contributed by atoms with Crippen molar-refractivity contribution in [1.29, 1.82) is 0 Å². The van der Waals surface area contributed by atoms with Crippen LogP contribution in [0.4, 0.5) is 0 Å². The van der Waals surface area contributed by atoms with Crippen LogP contribution in [0.5, 0.6) is 0 Å². The summed E-state index contributed by atoms with van der Waals surface area (Å²) in [6.45, 7) is 55.6. The van der Waals surface area contributed by atoms with Crippen molar-refractivity contribution in [3.8, 4) is 22.3 Å². The van der Waals surface area contributed by atoms with Crippen LogP contribution in [0, 0.1) is 5.41 Å². The first kappa shape index (κ1) is 59.2. The van der Waals surface area contributed by atoms with Gasteiger partial charge in [0.25, 0.3) is 0 Å². The fourth-order valence-electron chi connectivity index (χ4n) is 14.1. The van der Waals surface area contributed by atoms with Gasteiger partial charge in [0.2, 0.25) is 0 Å². The average Bonchev–Trinajstić information content (AvgIpc) is 3.28. The fourth-order valence-corrected chi connectivity index (χ4v) is 22.9. The minimum absolute atomic E-state index is 0.0720. The van der Waals surface area contributed by atoms with E-state index in [2.05, 4.69) is 225 Å². The van der Waals surface area contributed by atoms with Gasteiger partial charge in [-0.05, 0) is 129 Å². The molecular formula is C68H102O4P2. The Bertz CT molecular complexity index is 2470. The first-order valence-electron chi connectivity index (χ1n) is 29.0. The van der Waals surface area contributed by atoms with E-state index in [0.717, 1.165) is 58.5 Å². The third-order valence-corrected chi connectivity index (χ3v) is 24.0. The number of hydrogen-bond acceptors (Lipinski definition) is 4. The van der Waals surface area contributed by atoms with E-state index in [1.165, 1.54) is 55.6 Å². The third kappa shape index (κ3) is 12.2. The normalized spacial score (nSPS) is 22.1. The van der Waals surface area contributed by atoms with E-state index in [1.54, 1.807) is 10.6 Å². The van der Waals surface area contributed by atoms with Crippen LogP contribution in [-0.2, 0) is 18.9 Å². The van der Waals surface area contributed by atoms with Crippen molar-refractivity contribution in [2.24, 2.45) is 5.41 Å². The third-order valence-electron chi connectivity index (χ3n) is 16.8. The second kappa shape index (κ2) is 22.0. The highest BCUT2D eigenvalue weighted by molar-refractivity contribution is 7.69. The van der Waals surface area contributed by atoms with Crippen LogP contribution in [0.3, 0.4) is 0 Å². The Labute approximate surface area is 455 Å². The summed E-state index contributed by atoms with van der Waals surface area (Å²) < 4.78 is 26.0. The molecule has 8 rings (SSSR count). The molecule has 4 fully saturated rings. The number of hydrogen-bond donors (Lipinski definition) is 0. The van der Waals surface area contributed by atoms with Gasteiger partial charge in [-0.25, -0.2) is 0 Å². The van der Waals surface area contributed by atoms with E-state index in [1.807, 2.05) is 0 Å². The molecule has 0 saturated carbocycles. The quantitative estimate of drug-likeness (QED) is 0.148. The van der Waals surface area contributed by atoms with Gasteiger partial charge in [0, 0.05) is 31.1 Å². The van der Waals surface area contributed by atoms with E-state index in [9.17, 15) is 0 Å². The summed E-state index contributed by atoms with van der Waals surface area (Å²) in [5, 5.41) is 3.43. The van der Waals surface area contributed by atoms with Crippen LogP contribution >= 0.6 is 15.8 Å². The zero-order valence-electron chi connectivity index (χ0n) is 50.8. The second-order valence-corrected chi connectivity index (χ2v) is 35.5. The van der Waals surface area contributed by atoms with Crippen molar-refractivity contribution in [2.75, 3.05) is 26.4 Å². The van der Waals surface area contributed by atoms with Crippen LogP contribution in [0.2, 0.25) is 0 Å². The van der Waals surface area contributed by atoms with Crippen molar-refractivity contribution in [3.63, 3.8) is 0 Å². The van der Waals surface area contributed by atoms with Gasteiger partial charge in [-0.1, -0.05) is 241 Å². The maximum Gasteiger partial charge on any atom is 0.170 e. The smallest absolute Gasteiger partial charge is 0.170 e. The van der Waals surface area contributed by atoms with Crippen molar-refractivity contribution in [2.45, 2.75) is 252 Å². The summed E-state index contributed by atoms with van der Waals surface area (Å²) in [6.07, 6.45) is 4.82. The van der Waals surface area contributed by atoms with Gasteiger partial charge in [-0.2, -0.15) is 0 Å². The molecule has 0 aromatic heterocycles. The molecular weight excluding hydrogens is 943 g/mol. The summed E-state index contributed by atoms with van der Waals surface area (Å²) in [5.74, 6) is 2.01. The molecule has 4 aliphatic heterocycles. The van der Waals surface area contributed by atoms with Gasteiger partial charge >= 0.3 is 0 Å². The van der Waals surface area contributed by atoms with Gasteiger partial charge in [0.05, 0.1) is 26.4 Å². The first-order valence-corrected chi connectivity index (χ1v) is 31.7. The Morgan fingerprint density at radius 1 is 0.378 bits per heavy atom. The molecule has 0 aliphatic carbocycles. The molecule has 0 bridgehead atoms. The predicted molar refractivity (Wildman–Crippen MR) is 324 cm³/mol. The summed E-state index contributed by atoms with van der Waals surface area (Å²) in [7, 11) is -1.01. The highest BCUT2D eigenvalue weighted by atomic mass is 31.1. The van der Waals surface area contributed by atoms with Crippen molar-refractivity contribution in [3.05, 3.63) is 106 Å². The van der Waals surface area contributed by atoms with Crippen molar-refractivity contribution >= 4 is 26.5 Å². The largest absolute Gasteiger partial charge is 0.350 e. The highest BCUT2D eigenvalue weighted by Crippen LogP contribution is 2.70.